The van der Waals surface area contributed by atoms with Crippen molar-refractivity contribution in [1.29, 1.82) is 0 Å². The summed E-state index contributed by atoms with van der Waals surface area (Å²) in [6.45, 7) is 2.14. The fraction of sp³-hybridized carbons (Fsp3) is 0.571. The van der Waals surface area contributed by atoms with E-state index in [4.69, 9.17) is 0 Å². The standard InChI is InChI=1S/C14H19F3N2/c1-11-9-19(10-14(15,16)17)13(8-18-11)7-12-5-3-2-4-6-12/h2-6,11,13,18H,7-10H2,1H3. The lowest BCUT2D eigenvalue weighted by Crippen LogP contribution is -2.58. The van der Waals surface area contributed by atoms with E-state index >= 15 is 0 Å². The molecule has 2 nitrogen and oxygen atoms in total. The normalized spacial score (nSPS) is 25.5. The van der Waals surface area contributed by atoms with Crippen LogP contribution in [-0.4, -0.2) is 42.8 Å². The lowest BCUT2D eigenvalue weighted by Gasteiger charge is -2.39. The zero-order chi connectivity index (χ0) is 13.9. The van der Waals surface area contributed by atoms with Crippen LogP contribution < -0.4 is 5.32 Å². The minimum Gasteiger partial charge on any atom is -0.311 e. The minimum absolute atomic E-state index is 0.0970. The molecule has 1 aliphatic heterocycles. The highest BCUT2D eigenvalue weighted by molar-refractivity contribution is 5.16. The Hall–Kier alpha value is -1.07. The van der Waals surface area contributed by atoms with Crippen LogP contribution in [0.4, 0.5) is 13.2 Å². The van der Waals surface area contributed by atoms with Gasteiger partial charge in [0.15, 0.2) is 0 Å². The molecule has 19 heavy (non-hydrogen) atoms. The third-order valence-electron chi connectivity index (χ3n) is 3.42. The van der Waals surface area contributed by atoms with Crippen molar-refractivity contribution in [2.24, 2.45) is 0 Å². The molecule has 1 aliphatic rings. The maximum Gasteiger partial charge on any atom is 0.401 e. The van der Waals surface area contributed by atoms with Crippen LogP contribution in [0.1, 0.15) is 12.5 Å². The molecule has 1 aromatic carbocycles. The first-order valence-electron chi connectivity index (χ1n) is 6.52. The molecule has 5 heteroatoms. The second-order valence-electron chi connectivity index (χ2n) is 5.20. The summed E-state index contributed by atoms with van der Waals surface area (Å²) in [6, 6.07) is 9.69. The molecule has 1 fully saturated rings. The topological polar surface area (TPSA) is 15.3 Å². The molecule has 0 spiro atoms. The number of hydrogen-bond acceptors (Lipinski definition) is 2. The number of benzene rings is 1. The van der Waals surface area contributed by atoms with Gasteiger partial charge in [-0.2, -0.15) is 13.2 Å². The van der Waals surface area contributed by atoms with Crippen LogP contribution in [-0.2, 0) is 6.42 Å². The minimum atomic E-state index is -4.13. The number of halogens is 3. The van der Waals surface area contributed by atoms with Gasteiger partial charge in [0.2, 0.25) is 0 Å². The van der Waals surface area contributed by atoms with Gasteiger partial charge in [0, 0.05) is 25.2 Å². The third-order valence-corrected chi connectivity index (χ3v) is 3.42. The van der Waals surface area contributed by atoms with Gasteiger partial charge in [0.25, 0.3) is 0 Å². The zero-order valence-electron chi connectivity index (χ0n) is 11.0. The van der Waals surface area contributed by atoms with Gasteiger partial charge in [-0.25, -0.2) is 0 Å². The lowest BCUT2D eigenvalue weighted by molar-refractivity contribution is -0.153. The summed E-state index contributed by atoms with van der Waals surface area (Å²) in [6.07, 6.45) is -3.48. The molecular formula is C14H19F3N2. The first kappa shape index (κ1) is 14.3. The lowest BCUT2D eigenvalue weighted by atomic mass is 10.0. The van der Waals surface area contributed by atoms with Gasteiger partial charge in [0.1, 0.15) is 0 Å². The SMILES string of the molecule is CC1CN(CC(F)(F)F)C(Cc2ccccc2)CN1. The summed E-state index contributed by atoms with van der Waals surface area (Å²) in [5, 5.41) is 3.26. The van der Waals surface area contributed by atoms with Crippen molar-refractivity contribution in [3.05, 3.63) is 35.9 Å². The van der Waals surface area contributed by atoms with Crippen molar-refractivity contribution < 1.29 is 13.2 Å². The number of hydrogen-bond donors (Lipinski definition) is 1. The van der Waals surface area contributed by atoms with Gasteiger partial charge < -0.3 is 5.32 Å². The smallest absolute Gasteiger partial charge is 0.311 e. The van der Waals surface area contributed by atoms with E-state index in [-0.39, 0.29) is 12.1 Å². The summed E-state index contributed by atoms with van der Waals surface area (Å²) < 4.78 is 37.9. The van der Waals surface area contributed by atoms with Gasteiger partial charge in [-0.3, -0.25) is 4.90 Å². The summed E-state index contributed by atoms with van der Waals surface area (Å²) in [5.74, 6) is 0. The van der Waals surface area contributed by atoms with Gasteiger partial charge in [-0.15, -0.1) is 0 Å². The Bertz CT molecular complexity index is 391. The van der Waals surface area contributed by atoms with Crippen LogP contribution in [0.3, 0.4) is 0 Å². The number of nitrogens with zero attached hydrogens (tertiary/aromatic N) is 1. The first-order valence-corrected chi connectivity index (χ1v) is 6.52. The number of nitrogens with one attached hydrogen (secondary N) is 1. The Morgan fingerprint density at radius 2 is 1.95 bits per heavy atom. The van der Waals surface area contributed by atoms with Crippen LogP contribution in [0.25, 0.3) is 0 Å². The molecule has 1 saturated heterocycles. The molecule has 0 amide bonds. The molecule has 0 saturated carbocycles. The van der Waals surface area contributed by atoms with E-state index in [1.54, 1.807) is 4.90 Å². The second-order valence-corrected chi connectivity index (χ2v) is 5.20. The predicted molar refractivity (Wildman–Crippen MR) is 69.0 cm³/mol. The monoisotopic (exact) mass is 272 g/mol. The highest BCUT2D eigenvalue weighted by atomic mass is 19.4. The molecular weight excluding hydrogens is 253 g/mol. The quantitative estimate of drug-likeness (QED) is 0.909. The Morgan fingerprint density at radius 1 is 1.26 bits per heavy atom. The molecule has 2 atom stereocenters. The van der Waals surface area contributed by atoms with Crippen LogP contribution in [0.2, 0.25) is 0 Å². The van der Waals surface area contributed by atoms with Crippen molar-refractivity contribution in [3.63, 3.8) is 0 Å². The summed E-state index contributed by atoms with van der Waals surface area (Å²) in [5.41, 5.74) is 1.08. The molecule has 2 unspecified atom stereocenters. The zero-order valence-corrected chi connectivity index (χ0v) is 11.0. The molecule has 2 rings (SSSR count). The van der Waals surface area contributed by atoms with Crippen molar-refractivity contribution >= 4 is 0 Å². The van der Waals surface area contributed by atoms with Gasteiger partial charge >= 0.3 is 6.18 Å². The van der Waals surface area contributed by atoms with E-state index in [2.05, 4.69) is 5.32 Å². The van der Waals surface area contributed by atoms with Gasteiger partial charge in [0.05, 0.1) is 6.54 Å². The molecule has 1 N–H and O–H groups in total. The maximum atomic E-state index is 12.6. The van der Waals surface area contributed by atoms with Crippen LogP contribution in [0, 0.1) is 0 Å². The first-order chi connectivity index (χ1) is 8.94. The molecule has 0 aliphatic carbocycles. The third kappa shape index (κ3) is 4.51. The van der Waals surface area contributed by atoms with E-state index < -0.39 is 12.7 Å². The molecule has 106 valence electrons. The van der Waals surface area contributed by atoms with E-state index in [1.807, 2.05) is 37.3 Å². The highest BCUT2D eigenvalue weighted by Gasteiger charge is 2.36. The summed E-state index contributed by atoms with van der Waals surface area (Å²) in [7, 11) is 0. The second kappa shape index (κ2) is 5.92. The Morgan fingerprint density at radius 3 is 2.58 bits per heavy atom. The molecule has 0 bridgehead atoms. The average Bonchev–Trinajstić information content (AvgIpc) is 2.32. The summed E-state index contributed by atoms with van der Waals surface area (Å²) >= 11 is 0. The van der Waals surface area contributed by atoms with Crippen molar-refractivity contribution in [2.45, 2.75) is 31.6 Å². The molecule has 0 radical (unpaired) electrons. The Labute approximate surface area is 111 Å². The fourth-order valence-corrected chi connectivity index (χ4v) is 2.54. The predicted octanol–water partition coefficient (Wildman–Crippen LogP) is 2.45. The maximum absolute atomic E-state index is 12.6. The number of piperazine rings is 1. The van der Waals surface area contributed by atoms with Crippen LogP contribution in [0.5, 0.6) is 0 Å². The fourth-order valence-electron chi connectivity index (χ4n) is 2.54. The number of alkyl halides is 3. The van der Waals surface area contributed by atoms with E-state index in [1.165, 1.54) is 0 Å². The van der Waals surface area contributed by atoms with E-state index in [9.17, 15) is 13.2 Å². The van der Waals surface area contributed by atoms with Crippen molar-refractivity contribution in [1.82, 2.24) is 10.2 Å². The molecule has 1 heterocycles. The van der Waals surface area contributed by atoms with E-state index in [0.29, 0.717) is 19.5 Å². The van der Waals surface area contributed by atoms with Crippen molar-refractivity contribution in [3.8, 4) is 0 Å². The van der Waals surface area contributed by atoms with Gasteiger partial charge in [-0.05, 0) is 18.9 Å². The number of rotatable bonds is 3. The largest absolute Gasteiger partial charge is 0.401 e. The van der Waals surface area contributed by atoms with E-state index in [0.717, 1.165) is 5.56 Å². The Kier molecular flexibility index (Phi) is 4.47. The Balaban J connectivity index is 2.03. The van der Waals surface area contributed by atoms with Gasteiger partial charge in [-0.1, -0.05) is 30.3 Å². The summed E-state index contributed by atoms with van der Waals surface area (Å²) in [4.78, 5) is 1.55. The average molecular weight is 272 g/mol. The van der Waals surface area contributed by atoms with Crippen LogP contribution >= 0.6 is 0 Å². The molecule has 0 aromatic heterocycles. The van der Waals surface area contributed by atoms with Crippen LogP contribution in [0.15, 0.2) is 30.3 Å². The highest BCUT2D eigenvalue weighted by Crippen LogP contribution is 2.21. The molecule has 1 aromatic rings. The van der Waals surface area contributed by atoms with Crippen molar-refractivity contribution in [2.75, 3.05) is 19.6 Å².